The smallest absolute Gasteiger partial charge is 0.203 e. The quantitative estimate of drug-likeness (QED) is 0.531. The molecule has 0 aliphatic heterocycles. The highest BCUT2D eigenvalue weighted by Gasteiger charge is 2.19. The third kappa shape index (κ3) is 2.19. The molecular formula is C18H14O6. The molecule has 1 aromatic carbocycles. The third-order valence-electron chi connectivity index (χ3n) is 3.96. The van der Waals surface area contributed by atoms with Crippen LogP contribution in [0.5, 0.6) is 0 Å². The highest BCUT2D eigenvalue weighted by atomic mass is 16.3. The lowest BCUT2D eigenvalue weighted by Crippen LogP contribution is -2.17. The molecule has 3 rings (SSSR count). The van der Waals surface area contributed by atoms with E-state index in [2.05, 4.69) is 0 Å². The number of benzene rings is 1. The van der Waals surface area contributed by atoms with Crippen LogP contribution >= 0.6 is 0 Å². The van der Waals surface area contributed by atoms with E-state index in [-0.39, 0.29) is 44.6 Å². The summed E-state index contributed by atoms with van der Waals surface area (Å²) in [5, 5.41) is 0.202. The fourth-order valence-electron chi connectivity index (χ4n) is 2.92. The molecule has 0 unspecified atom stereocenters. The molecule has 6 nitrogen and oxygen atoms in total. The second-order valence-electron chi connectivity index (χ2n) is 5.68. The number of hydrogen-bond acceptors (Lipinski definition) is 6. The van der Waals surface area contributed by atoms with E-state index in [0.717, 1.165) is 0 Å². The first-order chi connectivity index (χ1) is 11.2. The maximum atomic E-state index is 12.6. The predicted molar refractivity (Wildman–Crippen MR) is 88.0 cm³/mol. The summed E-state index contributed by atoms with van der Waals surface area (Å²) in [5.41, 5.74) is -0.684. The number of hydrogen-bond donors (Lipinski definition) is 0. The van der Waals surface area contributed by atoms with E-state index in [1.165, 1.54) is 39.8 Å². The van der Waals surface area contributed by atoms with E-state index in [1.807, 2.05) is 0 Å². The second-order valence-corrected chi connectivity index (χ2v) is 5.68. The lowest BCUT2D eigenvalue weighted by molar-refractivity contribution is 0.100. The van der Waals surface area contributed by atoms with Crippen LogP contribution in [0.2, 0.25) is 0 Å². The zero-order valence-corrected chi connectivity index (χ0v) is 13.6. The highest BCUT2D eigenvalue weighted by molar-refractivity contribution is 6.02. The van der Waals surface area contributed by atoms with Crippen LogP contribution in [-0.2, 0) is 0 Å². The Kier molecular flexibility index (Phi) is 3.48. The van der Waals surface area contributed by atoms with Gasteiger partial charge in [0.1, 0.15) is 33.8 Å². The predicted octanol–water partition coefficient (Wildman–Crippen LogP) is 2.92. The maximum Gasteiger partial charge on any atom is 0.203 e. The van der Waals surface area contributed by atoms with Crippen molar-refractivity contribution >= 4 is 33.5 Å². The van der Waals surface area contributed by atoms with Gasteiger partial charge in [0.05, 0.1) is 10.8 Å². The number of aryl methyl sites for hydroxylation is 2. The zero-order valence-electron chi connectivity index (χ0n) is 13.6. The fraction of sp³-hybridized carbons (Fsp3) is 0.222. The van der Waals surface area contributed by atoms with Crippen LogP contribution in [-0.4, -0.2) is 11.6 Å². The SMILES string of the molecule is CC(=O)c1c(C)oc2cc3oc(C)c(C(C)=O)c(=O)c3cc2c1=O. The molecule has 0 N–H and O–H groups in total. The zero-order chi connectivity index (χ0) is 17.8. The van der Waals surface area contributed by atoms with Gasteiger partial charge in [0, 0.05) is 6.07 Å². The van der Waals surface area contributed by atoms with Crippen LogP contribution in [0.4, 0.5) is 0 Å². The molecular weight excluding hydrogens is 312 g/mol. The molecule has 3 aromatic rings. The number of carbonyl (C=O) groups excluding carboxylic acids is 2. The fourth-order valence-corrected chi connectivity index (χ4v) is 2.92. The lowest BCUT2D eigenvalue weighted by Gasteiger charge is -2.07. The summed E-state index contributed by atoms with van der Waals surface area (Å²) in [7, 11) is 0. The van der Waals surface area contributed by atoms with E-state index in [1.54, 1.807) is 0 Å². The van der Waals surface area contributed by atoms with Crippen molar-refractivity contribution in [3.8, 4) is 0 Å². The van der Waals surface area contributed by atoms with Gasteiger partial charge in [-0.1, -0.05) is 0 Å². The average Bonchev–Trinajstić information content (AvgIpc) is 2.44. The topological polar surface area (TPSA) is 94.6 Å². The summed E-state index contributed by atoms with van der Waals surface area (Å²) < 4.78 is 11.1. The normalized spacial score (nSPS) is 11.2. The van der Waals surface area contributed by atoms with Gasteiger partial charge in [0.15, 0.2) is 11.6 Å². The van der Waals surface area contributed by atoms with Gasteiger partial charge in [0.2, 0.25) is 10.9 Å². The summed E-state index contributed by atoms with van der Waals surface area (Å²) in [6.45, 7) is 5.61. The first-order valence-corrected chi connectivity index (χ1v) is 7.29. The van der Waals surface area contributed by atoms with Gasteiger partial charge in [-0.2, -0.15) is 0 Å². The Morgan fingerprint density at radius 2 is 1.12 bits per heavy atom. The van der Waals surface area contributed by atoms with E-state index in [9.17, 15) is 19.2 Å². The van der Waals surface area contributed by atoms with Gasteiger partial charge in [-0.25, -0.2) is 0 Å². The Bertz CT molecular complexity index is 1070. The minimum absolute atomic E-state index is 0.0508. The lowest BCUT2D eigenvalue weighted by atomic mass is 10.0. The molecule has 0 saturated carbocycles. The van der Waals surface area contributed by atoms with Crippen molar-refractivity contribution in [2.24, 2.45) is 0 Å². The molecule has 6 heteroatoms. The Balaban J connectivity index is 2.55. The largest absolute Gasteiger partial charge is 0.460 e. The average molecular weight is 326 g/mol. The number of carbonyl (C=O) groups is 2. The molecule has 122 valence electrons. The van der Waals surface area contributed by atoms with Crippen LogP contribution in [0.3, 0.4) is 0 Å². The number of fused-ring (bicyclic) bond motifs is 2. The monoisotopic (exact) mass is 326 g/mol. The summed E-state index contributed by atoms with van der Waals surface area (Å²) in [6, 6.07) is 2.75. The molecule has 0 bridgehead atoms. The van der Waals surface area contributed by atoms with Crippen LogP contribution in [0.15, 0.2) is 30.6 Å². The Labute approximate surface area is 135 Å². The Hall–Kier alpha value is -3.02. The minimum atomic E-state index is -0.507. The van der Waals surface area contributed by atoms with Gasteiger partial charge in [-0.05, 0) is 33.8 Å². The van der Waals surface area contributed by atoms with Crippen molar-refractivity contribution in [1.29, 1.82) is 0 Å². The van der Waals surface area contributed by atoms with Crippen molar-refractivity contribution in [3.63, 3.8) is 0 Å². The van der Waals surface area contributed by atoms with E-state index in [0.29, 0.717) is 0 Å². The first kappa shape index (κ1) is 15.9. The molecule has 0 saturated heterocycles. The van der Waals surface area contributed by atoms with Crippen LogP contribution in [0.25, 0.3) is 21.9 Å². The molecule has 0 aliphatic carbocycles. The Morgan fingerprint density at radius 1 is 0.750 bits per heavy atom. The maximum absolute atomic E-state index is 12.6. The van der Waals surface area contributed by atoms with Gasteiger partial charge in [-0.15, -0.1) is 0 Å². The third-order valence-corrected chi connectivity index (χ3v) is 3.96. The van der Waals surface area contributed by atoms with Crippen LogP contribution < -0.4 is 10.9 Å². The summed E-state index contributed by atoms with van der Waals surface area (Å²) >= 11 is 0. The van der Waals surface area contributed by atoms with Gasteiger partial charge >= 0.3 is 0 Å². The van der Waals surface area contributed by atoms with Gasteiger partial charge in [0.25, 0.3) is 0 Å². The molecule has 0 fully saturated rings. The van der Waals surface area contributed by atoms with E-state index < -0.39 is 22.4 Å². The molecule has 2 heterocycles. The molecule has 0 radical (unpaired) electrons. The first-order valence-electron chi connectivity index (χ1n) is 7.29. The van der Waals surface area contributed by atoms with E-state index in [4.69, 9.17) is 8.83 Å². The van der Waals surface area contributed by atoms with Gasteiger partial charge < -0.3 is 8.83 Å². The summed E-state index contributed by atoms with van der Waals surface area (Å²) in [4.78, 5) is 48.4. The molecule has 2 aromatic heterocycles. The van der Waals surface area contributed by atoms with Crippen molar-refractivity contribution < 1.29 is 18.4 Å². The number of rotatable bonds is 2. The molecule has 24 heavy (non-hydrogen) atoms. The molecule has 0 spiro atoms. The molecule has 0 amide bonds. The van der Waals surface area contributed by atoms with Crippen molar-refractivity contribution in [3.05, 3.63) is 55.2 Å². The molecule has 0 aliphatic rings. The summed E-state index contributed by atoms with van der Waals surface area (Å²) in [6.07, 6.45) is 0. The minimum Gasteiger partial charge on any atom is -0.460 e. The number of Topliss-reactive ketones (excluding diaryl/α,β-unsaturated/α-hetero) is 2. The summed E-state index contributed by atoms with van der Waals surface area (Å²) in [5.74, 6) is -0.412. The van der Waals surface area contributed by atoms with Crippen molar-refractivity contribution in [1.82, 2.24) is 0 Å². The van der Waals surface area contributed by atoms with Crippen molar-refractivity contribution in [2.75, 3.05) is 0 Å². The Morgan fingerprint density at radius 3 is 1.46 bits per heavy atom. The highest BCUT2D eigenvalue weighted by Crippen LogP contribution is 2.23. The second kappa shape index (κ2) is 5.26. The molecule has 0 atom stereocenters. The van der Waals surface area contributed by atoms with Crippen LogP contribution in [0.1, 0.15) is 46.1 Å². The van der Waals surface area contributed by atoms with Crippen LogP contribution in [0, 0.1) is 13.8 Å². The van der Waals surface area contributed by atoms with Gasteiger partial charge in [-0.3, -0.25) is 19.2 Å². The number of ketones is 2. The van der Waals surface area contributed by atoms with E-state index >= 15 is 0 Å². The standard InChI is InChI=1S/C18H14O6/c1-7(19)15-9(3)23-13-6-14-12(5-11(13)17(15)21)18(22)16(8(2)20)10(4)24-14/h5-6H,1-4H3. The van der Waals surface area contributed by atoms with Crippen molar-refractivity contribution in [2.45, 2.75) is 27.7 Å².